The molecule has 0 radical (unpaired) electrons. The highest BCUT2D eigenvalue weighted by Gasteiger charge is 2.16. The van der Waals surface area contributed by atoms with Crippen LogP contribution in [0, 0.1) is 0 Å². The fourth-order valence-electron chi connectivity index (χ4n) is 1.61. The first-order chi connectivity index (χ1) is 10.5. The van der Waals surface area contributed by atoms with Crippen molar-refractivity contribution in [1.82, 2.24) is 19.7 Å². The zero-order valence-corrected chi connectivity index (χ0v) is 12.7. The molecule has 22 heavy (non-hydrogen) atoms. The van der Waals surface area contributed by atoms with E-state index in [1.165, 1.54) is 22.8 Å². The molecule has 1 amide bonds. The Hall–Kier alpha value is -1.75. The Kier molecular flexibility index (Phi) is 5.66. The minimum atomic E-state index is -0.931. The van der Waals surface area contributed by atoms with Crippen molar-refractivity contribution in [3.63, 3.8) is 0 Å². The highest BCUT2D eigenvalue weighted by atomic mass is 32.2. The van der Waals surface area contributed by atoms with Gasteiger partial charge in [-0.1, -0.05) is 11.8 Å². The summed E-state index contributed by atoms with van der Waals surface area (Å²) in [6, 6.07) is 0. The van der Waals surface area contributed by atoms with E-state index in [1.807, 2.05) is 0 Å². The van der Waals surface area contributed by atoms with Crippen molar-refractivity contribution in [3.8, 4) is 0 Å². The summed E-state index contributed by atoms with van der Waals surface area (Å²) in [6.45, 7) is 1.40. The smallest absolute Gasteiger partial charge is 0.230 e. The first-order valence-corrected chi connectivity index (χ1v) is 7.40. The van der Waals surface area contributed by atoms with Crippen LogP contribution in [0.25, 0.3) is 11.0 Å². The third kappa shape index (κ3) is 3.91. The number of nitrogens with two attached hydrogens (primary N) is 1. The quantitative estimate of drug-likeness (QED) is 0.420. The highest BCUT2D eigenvalue weighted by molar-refractivity contribution is 8.00. The molecule has 9 nitrogen and oxygen atoms in total. The van der Waals surface area contributed by atoms with Crippen LogP contribution >= 0.6 is 11.8 Å². The number of carbonyl (C=O) groups excluding carboxylic acids is 1. The molecule has 120 valence electrons. The number of fused-ring (bicyclic) bond motifs is 1. The van der Waals surface area contributed by atoms with Crippen molar-refractivity contribution in [2.24, 2.45) is 5.73 Å². The Bertz CT molecular complexity index is 649. The van der Waals surface area contributed by atoms with Crippen molar-refractivity contribution < 1.29 is 19.7 Å². The molecule has 0 aliphatic carbocycles. The predicted octanol–water partition coefficient (Wildman–Crippen LogP) is -0.881. The van der Waals surface area contributed by atoms with Crippen molar-refractivity contribution in [2.45, 2.75) is 30.0 Å². The van der Waals surface area contributed by atoms with Gasteiger partial charge in [0.1, 0.15) is 24.2 Å². The van der Waals surface area contributed by atoms with E-state index >= 15 is 0 Å². The first-order valence-electron chi connectivity index (χ1n) is 6.52. The van der Waals surface area contributed by atoms with Gasteiger partial charge in [0.2, 0.25) is 5.91 Å². The number of amides is 1. The largest absolute Gasteiger partial charge is 0.394 e. The van der Waals surface area contributed by atoms with E-state index in [9.17, 15) is 9.90 Å². The predicted molar refractivity (Wildman–Crippen MR) is 78.9 cm³/mol. The molecule has 2 atom stereocenters. The Morgan fingerprint density at radius 2 is 2.32 bits per heavy atom. The lowest BCUT2D eigenvalue weighted by atomic mass is 10.4. The van der Waals surface area contributed by atoms with Gasteiger partial charge in [0.05, 0.1) is 30.0 Å². The first kappa shape index (κ1) is 16.6. The van der Waals surface area contributed by atoms with Gasteiger partial charge in [0, 0.05) is 0 Å². The summed E-state index contributed by atoms with van der Waals surface area (Å²) in [4.78, 5) is 19.4. The molecule has 0 bridgehead atoms. The maximum absolute atomic E-state index is 11.2. The summed E-state index contributed by atoms with van der Waals surface area (Å²) in [7, 11) is 0. The molecule has 2 heterocycles. The third-order valence-electron chi connectivity index (χ3n) is 2.82. The Morgan fingerprint density at radius 1 is 1.55 bits per heavy atom. The van der Waals surface area contributed by atoms with E-state index in [-0.39, 0.29) is 19.9 Å². The fourth-order valence-corrected chi connectivity index (χ4v) is 2.44. The summed E-state index contributed by atoms with van der Waals surface area (Å²) in [5.41, 5.74) is 5.80. The maximum Gasteiger partial charge on any atom is 0.230 e. The average molecular weight is 327 g/mol. The number of aliphatic hydroxyl groups excluding tert-OH is 2. The normalized spacial score (nSPS) is 14.1. The van der Waals surface area contributed by atoms with Crippen LogP contribution in [0.5, 0.6) is 0 Å². The minimum Gasteiger partial charge on any atom is -0.394 e. The number of aliphatic hydroxyl groups is 2. The number of hydrogen-bond acceptors (Lipinski definition) is 8. The van der Waals surface area contributed by atoms with Gasteiger partial charge >= 0.3 is 0 Å². The molecule has 0 spiro atoms. The molecular formula is C12H17N5O4S. The molecule has 0 aliphatic heterocycles. The molecule has 4 N–H and O–H groups in total. The zero-order chi connectivity index (χ0) is 16.1. The Labute approximate surface area is 130 Å². The SMILES string of the molecule is CC(Sc1ncnc2c1cnn2COCC(O)CO)C(N)=O. The number of ether oxygens (including phenoxy) is 1. The van der Waals surface area contributed by atoms with Crippen LogP contribution in [0.2, 0.25) is 0 Å². The number of hydrogen-bond donors (Lipinski definition) is 3. The molecule has 0 aromatic carbocycles. The van der Waals surface area contributed by atoms with E-state index in [4.69, 9.17) is 15.6 Å². The number of primary amides is 1. The zero-order valence-electron chi connectivity index (χ0n) is 11.9. The summed E-state index contributed by atoms with van der Waals surface area (Å²) < 4.78 is 6.75. The van der Waals surface area contributed by atoms with Crippen LogP contribution in [0.1, 0.15) is 6.92 Å². The number of nitrogens with zero attached hydrogens (tertiary/aromatic N) is 4. The topological polar surface area (TPSA) is 136 Å². The van der Waals surface area contributed by atoms with Gasteiger partial charge in [-0.25, -0.2) is 14.6 Å². The summed E-state index contributed by atoms with van der Waals surface area (Å²) in [5.74, 6) is -0.425. The Morgan fingerprint density at radius 3 is 3.00 bits per heavy atom. The van der Waals surface area contributed by atoms with Gasteiger partial charge < -0.3 is 20.7 Å². The molecule has 2 unspecified atom stereocenters. The van der Waals surface area contributed by atoms with Gasteiger partial charge in [0.25, 0.3) is 0 Å². The van der Waals surface area contributed by atoms with Crippen LogP contribution in [0.15, 0.2) is 17.6 Å². The molecule has 2 rings (SSSR count). The van der Waals surface area contributed by atoms with Crippen LogP contribution in [0.4, 0.5) is 0 Å². The standard InChI is InChI=1S/C12H17N5O4S/c1-7(10(13)20)22-12-9-2-16-17(11(9)14-5-15-12)6-21-4-8(19)3-18/h2,5,7-8,18-19H,3-4,6H2,1H3,(H2,13,20). The van der Waals surface area contributed by atoms with Gasteiger partial charge in [-0.3, -0.25) is 4.79 Å². The lowest BCUT2D eigenvalue weighted by molar-refractivity contribution is -0.117. The summed E-state index contributed by atoms with van der Waals surface area (Å²) in [5, 5.41) is 23.0. The number of aromatic nitrogens is 4. The van der Waals surface area contributed by atoms with Gasteiger partial charge in [-0.05, 0) is 6.92 Å². The molecule has 0 saturated carbocycles. The van der Waals surface area contributed by atoms with E-state index in [2.05, 4.69) is 15.1 Å². The molecular weight excluding hydrogens is 310 g/mol. The molecule has 0 fully saturated rings. The lowest BCUT2D eigenvalue weighted by Crippen LogP contribution is -2.22. The second kappa shape index (κ2) is 7.49. The molecule has 0 saturated heterocycles. The summed E-state index contributed by atoms with van der Waals surface area (Å²) in [6.07, 6.45) is 2.02. The number of thioether (sulfide) groups is 1. The maximum atomic E-state index is 11.2. The van der Waals surface area contributed by atoms with Crippen molar-refractivity contribution >= 4 is 28.7 Å². The highest BCUT2D eigenvalue weighted by Crippen LogP contribution is 2.27. The monoisotopic (exact) mass is 327 g/mol. The number of rotatable bonds is 8. The van der Waals surface area contributed by atoms with Crippen molar-refractivity contribution in [3.05, 3.63) is 12.5 Å². The fraction of sp³-hybridized carbons (Fsp3) is 0.500. The molecule has 2 aromatic heterocycles. The molecule has 2 aromatic rings. The Balaban J connectivity index is 2.13. The van der Waals surface area contributed by atoms with Crippen molar-refractivity contribution in [2.75, 3.05) is 13.2 Å². The van der Waals surface area contributed by atoms with Crippen molar-refractivity contribution in [1.29, 1.82) is 0 Å². The van der Waals surface area contributed by atoms with E-state index < -0.39 is 17.3 Å². The van der Waals surface area contributed by atoms with E-state index in [0.717, 1.165) is 0 Å². The average Bonchev–Trinajstić information content (AvgIpc) is 2.91. The van der Waals surface area contributed by atoms with E-state index in [1.54, 1.807) is 13.1 Å². The van der Waals surface area contributed by atoms with Crippen LogP contribution in [-0.4, -0.2) is 60.4 Å². The van der Waals surface area contributed by atoms with Gasteiger partial charge in [0.15, 0.2) is 5.65 Å². The van der Waals surface area contributed by atoms with Gasteiger partial charge in [-0.15, -0.1) is 0 Å². The minimum absolute atomic E-state index is 0.0107. The second-order valence-electron chi connectivity index (χ2n) is 4.56. The summed E-state index contributed by atoms with van der Waals surface area (Å²) >= 11 is 1.23. The molecule has 10 heteroatoms. The lowest BCUT2D eigenvalue weighted by Gasteiger charge is -2.09. The van der Waals surface area contributed by atoms with E-state index in [0.29, 0.717) is 16.1 Å². The van der Waals surface area contributed by atoms with Crippen LogP contribution in [0.3, 0.4) is 0 Å². The van der Waals surface area contributed by atoms with Crippen LogP contribution < -0.4 is 5.73 Å². The molecule has 0 aliphatic rings. The number of carbonyl (C=O) groups is 1. The third-order valence-corrected chi connectivity index (χ3v) is 3.96. The van der Waals surface area contributed by atoms with Crippen LogP contribution in [-0.2, 0) is 16.3 Å². The second-order valence-corrected chi connectivity index (χ2v) is 5.89. The van der Waals surface area contributed by atoms with Gasteiger partial charge in [-0.2, -0.15) is 5.10 Å².